The van der Waals surface area contributed by atoms with Crippen molar-refractivity contribution >= 4 is 11.7 Å². The first-order chi connectivity index (χ1) is 8.99. The van der Waals surface area contributed by atoms with Gasteiger partial charge in [0.2, 0.25) is 0 Å². The first-order valence-electron chi connectivity index (χ1n) is 5.17. The van der Waals surface area contributed by atoms with E-state index in [2.05, 4.69) is 5.32 Å². The highest BCUT2D eigenvalue weighted by atomic mass is 19.2. The van der Waals surface area contributed by atoms with Crippen molar-refractivity contribution in [3.63, 3.8) is 0 Å². The van der Waals surface area contributed by atoms with Crippen LogP contribution in [0.1, 0.15) is 16.1 Å². The number of hydrogen-bond acceptors (Lipinski definition) is 3. The maximum Gasteiger partial charge on any atom is 0.339 e. The molecule has 0 spiro atoms. The van der Waals surface area contributed by atoms with Crippen molar-refractivity contribution in [1.29, 1.82) is 0 Å². The Morgan fingerprint density at radius 1 is 1.26 bits per heavy atom. The molecule has 0 aliphatic heterocycles. The van der Waals surface area contributed by atoms with E-state index < -0.39 is 23.4 Å². The Hall–Kier alpha value is -2.44. The summed E-state index contributed by atoms with van der Waals surface area (Å²) in [5, 5.41) is 11.4. The molecule has 2 aromatic rings. The van der Waals surface area contributed by atoms with Gasteiger partial charge in [-0.25, -0.2) is 18.0 Å². The topological polar surface area (TPSA) is 62.5 Å². The molecule has 0 amide bonds. The lowest BCUT2D eigenvalue weighted by atomic mass is 10.2. The van der Waals surface area contributed by atoms with Crippen LogP contribution in [0.25, 0.3) is 0 Å². The van der Waals surface area contributed by atoms with E-state index >= 15 is 0 Å². The predicted octanol–water partition coefficient (Wildman–Crippen LogP) is 3.01. The van der Waals surface area contributed by atoms with Crippen LogP contribution in [-0.2, 0) is 6.54 Å². The Bertz CT molecular complexity index is 601. The maximum absolute atomic E-state index is 12.9. The maximum atomic E-state index is 12.9. The van der Waals surface area contributed by atoms with Crippen LogP contribution in [0.4, 0.5) is 18.9 Å². The molecule has 0 saturated carbocycles. The van der Waals surface area contributed by atoms with Gasteiger partial charge in [0, 0.05) is 17.8 Å². The second-order valence-corrected chi connectivity index (χ2v) is 3.67. The number of halogens is 3. The molecular formula is C12H8F3NO3. The van der Waals surface area contributed by atoms with Crippen molar-refractivity contribution < 1.29 is 27.5 Å². The number of carboxylic acids is 1. The number of aromatic carboxylic acids is 1. The fraction of sp³-hybridized carbons (Fsp3) is 0.0833. The van der Waals surface area contributed by atoms with Gasteiger partial charge in [0.15, 0.2) is 17.5 Å². The summed E-state index contributed by atoms with van der Waals surface area (Å²) in [5.41, 5.74) is -0.0836. The van der Waals surface area contributed by atoms with Gasteiger partial charge >= 0.3 is 5.97 Å². The van der Waals surface area contributed by atoms with Gasteiger partial charge < -0.3 is 14.8 Å². The van der Waals surface area contributed by atoms with Crippen molar-refractivity contribution in [1.82, 2.24) is 0 Å². The van der Waals surface area contributed by atoms with E-state index in [1.54, 1.807) is 0 Å². The highest BCUT2D eigenvalue weighted by molar-refractivity contribution is 5.88. The van der Waals surface area contributed by atoms with Gasteiger partial charge in [-0.05, 0) is 6.07 Å². The molecule has 2 N–H and O–H groups in total. The zero-order valence-corrected chi connectivity index (χ0v) is 9.41. The van der Waals surface area contributed by atoms with Gasteiger partial charge in [0.05, 0.1) is 12.8 Å². The number of anilines is 1. The summed E-state index contributed by atoms with van der Waals surface area (Å²) in [6.07, 6.45) is 1.19. The third-order valence-corrected chi connectivity index (χ3v) is 2.41. The molecule has 0 fully saturated rings. The highest BCUT2D eigenvalue weighted by Gasteiger charge is 2.14. The summed E-state index contributed by atoms with van der Waals surface area (Å²) >= 11 is 0. The third kappa shape index (κ3) is 2.70. The molecule has 0 unspecified atom stereocenters. The first-order valence-corrected chi connectivity index (χ1v) is 5.17. The molecule has 4 nitrogen and oxygen atoms in total. The standard InChI is InChI=1S/C12H8F3NO3/c13-8-3-6(4-9(14)11(8)15)16-5-10-7(12(17)18)1-2-19-10/h1-4,16H,5H2,(H,17,18). The first kappa shape index (κ1) is 13.0. The molecule has 7 heteroatoms. The number of carboxylic acid groups (broad SMARTS) is 1. The summed E-state index contributed by atoms with van der Waals surface area (Å²) in [6.45, 7) is -0.0981. The van der Waals surface area contributed by atoms with Gasteiger partial charge in [0.1, 0.15) is 11.3 Å². The zero-order chi connectivity index (χ0) is 14.0. The van der Waals surface area contributed by atoms with Gasteiger partial charge in [-0.15, -0.1) is 0 Å². The minimum Gasteiger partial charge on any atom is -0.478 e. The number of hydrogen-bond donors (Lipinski definition) is 2. The van der Waals surface area contributed by atoms with E-state index in [0.29, 0.717) is 0 Å². The van der Waals surface area contributed by atoms with Gasteiger partial charge in [-0.2, -0.15) is 0 Å². The lowest BCUT2D eigenvalue weighted by Gasteiger charge is -2.06. The zero-order valence-electron chi connectivity index (χ0n) is 9.41. The fourth-order valence-electron chi connectivity index (χ4n) is 1.51. The Morgan fingerprint density at radius 2 is 1.89 bits per heavy atom. The molecule has 100 valence electrons. The van der Waals surface area contributed by atoms with E-state index in [4.69, 9.17) is 9.52 Å². The van der Waals surface area contributed by atoms with E-state index in [9.17, 15) is 18.0 Å². The number of nitrogens with one attached hydrogen (secondary N) is 1. The summed E-state index contributed by atoms with van der Waals surface area (Å²) in [6, 6.07) is 2.79. The molecule has 0 atom stereocenters. The van der Waals surface area contributed by atoms with Gasteiger partial charge in [0.25, 0.3) is 0 Å². The molecule has 2 rings (SSSR count). The van der Waals surface area contributed by atoms with Crippen LogP contribution in [-0.4, -0.2) is 11.1 Å². The van der Waals surface area contributed by atoms with Crippen molar-refractivity contribution in [2.45, 2.75) is 6.54 Å². The number of furan rings is 1. The molecule has 0 saturated heterocycles. The third-order valence-electron chi connectivity index (χ3n) is 2.41. The molecule has 19 heavy (non-hydrogen) atoms. The SMILES string of the molecule is O=C(O)c1ccoc1CNc1cc(F)c(F)c(F)c1. The van der Waals surface area contributed by atoms with E-state index in [-0.39, 0.29) is 23.6 Å². The smallest absolute Gasteiger partial charge is 0.339 e. The minimum absolute atomic E-state index is 0.0239. The van der Waals surface area contributed by atoms with Crippen molar-refractivity contribution in [2.24, 2.45) is 0 Å². The Labute approximate surface area is 105 Å². The second-order valence-electron chi connectivity index (χ2n) is 3.67. The molecule has 1 aromatic carbocycles. The largest absolute Gasteiger partial charge is 0.478 e. The number of rotatable bonds is 4. The van der Waals surface area contributed by atoms with Gasteiger partial charge in [-0.1, -0.05) is 0 Å². The minimum atomic E-state index is -1.56. The van der Waals surface area contributed by atoms with Crippen molar-refractivity contribution in [3.8, 4) is 0 Å². The highest BCUT2D eigenvalue weighted by Crippen LogP contribution is 2.19. The van der Waals surface area contributed by atoms with Crippen LogP contribution in [0.5, 0.6) is 0 Å². The predicted molar refractivity (Wildman–Crippen MR) is 59.3 cm³/mol. The van der Waals surface area contributed by atoms with Crippen molar-refractivity contribution in [2.75, 3.05) is 5.32 Å². The number of benzene rings is 1. The van der Waals surface area contributed by atoms with Crippen LogP contribution >= 0.6 is 0 Å². The lowest BCUT2D eigenvalue weighted by molar-refractivity contribution is 0.0694. The van der Waals surface area contributed by atoms with Crippen molar-refractivity contribution in [3.05, 3.63) is 53.2 Å². The molecule has 1 aromatic heterocycles. The van der Waals surface area contributed by atoms with Crippen LogP contribution in [0, 0.1) is 17.5 Å². The van der Waals surface area contributed by atoms with Crippen LogP contribution < -0.4 is 5.32 Å². The summed E-state index contributed by atoms with van der Waals surface area (Å²) in [7, 11) is 0. The van der Waals surface area contributed by atoms with E-state index in [0.717, 1.165) is 12.1 Å². The lowest BCUT2D eigenvalue weighted by Crippen LogP contribution is -2.05. The monoisotopic (exact) mass is 271 g/mol. The second kappa shape index (κ2) is 5.05. The molecule has 1 heterocycles. The summed E-state index contributed by atoms with van der Waals surface area (Å²) < 4.78 is 43.5. The Balaban J connectivity index is 2.15. The van der Waals surface area contributed by atoms with Crippen LogP contribution in [0.2, 0.25) is 0 Å². The number of carbonyl (C=O) groups is 1. The fourth-order valence-corrected chi connectivity index (χ4v) is 1.51. The Kier molecular flexibility index (Phi) is 3.46. The summed E-state index contributed by atoms with van der Waals surface area (Å²) in [5.74, 6) is -5.31. The van der Waals surface area contributed by atoms with Crippen LogP contribution in [0.15, 0.2) is 28.9 Å². The Morgan fingerprint density at radius 3 is 2.47 bits per heavy atom. The quantitative estimate of drug-likeness (QED) is 0.839. The molecule has 0 aliphatic rings. The van der Waals surface area contributed by atoms with E-state index in [1.165, 1.54) is 12.3 Å². The van der Waals surface area contributed by atoms with Crippen LogP contribution in [0.3, 0.4) is 0 Å². The molecular weight excluding hydrogens is 263 g/mol. The van der Waals surface area contributed by atoms with E-state index in [1.807, 2.05) is 0 Å². The average Bonchev–Trinajstić information content (AvgIpc) is 2.81. The normalized spacial score (nSPS) is 10.5. The molecule has 0 radical (unpaired) electrons. The van der Waals surface area contributed by atoms with Gasteiger partial charge in [-0.3, -0.25) is 0 Å². The molecule has 0 aliphatic carbocycles. The molecule has 0 bridgehead atoms. The average molecular weight is 271 g/mol. The summed E-state index contributed by atoms with van der Waals surface area (Å²) in [4.78, 5) is 10.8.